The molecule has 1 fully saturated rings. The Labute approximate surface area is 91.0 Å². The van der Waals surface area contributed by atoms with Gasteiger partial charge in [-0.05, 0) is 13.5 Å². The fraction of sp³-hybridized carbons (Fsp3) is 0.778. The summed E-state index contributed by atoms with van der Waals surface area (Å²) in [4.78, 5) is 24.7. The van der Waals surface area contributed by atoms with Crippen LogP contribution in [-0.2, 0) is 9.59 Å². The summed E-state index contributed by atoms with van der Waals surface area (Å²) >= 11 is 0. The van der Waals surface area contributed by atoms with E-state index in [4.69, 9.17) is 7.85 Å². The third-order valence-electron chi connectivity index (χ3n) is 2.53. The average Bonchev–Trinajstić information content (AvgIpc) is 2.59. The van der Waals surface area contributed by atoms with E-state index in [1.165, 1.54) is 0 Å². The predicted molar refractivity (Wildman–Crippen MR) is 57.6 cm³/mol. The molecule has 2 radical (unpaired) electrons. The molecule has 5 nitrogen and oxygen atoms in total. The van der Waals surface area contributed by atoms with Gasteiger partial charge in [-0.15, -0.1) is 0 Å². The van der Waals surface area contributed by atoms with Crippen molar-refractivity contribution in [2.75, 3.05) is 27.2 Å². The second-order valence-electron chi connectivity index (χ2n) is 3.70. The van der Waals surface area contributed by atoms with Crippen LogP contribution in [0.3, 0.4) is 0 Å². The first-order valence-electron chi connectivity index (χ1n) is 5.01. The first-order chi connectivity index (χ1) is 7.10. The van der Waals surface area contributed by atoms with E-state index in [-0.39, 0.29) is 24.2 Å². The highest BCUT2D eigenvalue weighted by Crippen LogP contribution is 2.25. The van der Waals surface area contributed by atoms with Crippen LogP contribution in [0.5, 0.6) is 0 Å². The number of likely N-dealkylation sites (tertiary alicyclic amines) is 1. The van der Waals surface area contributed by atoms with Crippen LogP contribution in [0.2, 0.25) is 5.82 Å². The lowest BCUT2D eigenvalue weighted by molar-refractivity contribution is -0.137. The molecule has 0 aromatic heterocycles. The van der Waals surface area contributed by atoms with Crippen molar-refractivity contribution in [3.8, 4) is 0 Å². The quantitative estimate of drug-likeness (QED) is 0.556. The zero-order valence-electron chi connectivity index (χ0n) is 9.12. The van der Waals surface area contributed by atoms with E-state index in [1.54, 1.807) is 19.0 Å². The Morgan fingerprint density at radius 3 is 2.67 bits per heavy atom. The molecule has 1 aliphatic heterocycles. The largest absolute Gasteiger partial charge is 0.357 e. The Morgan fingerprint density at radius 2 is 2.13 bits per heavy atom. The number of hydrogen-bond acceptors (Lipinski definition) is 3. The summed E-state index contributed by atoms with van der Waals surface area (Å²) in [5.41, 5.74) is 0. The van der Waals surface area contributed by atoms with Gasteiger partial charge < -0.3 is 15.5 Å². The lowest BCUT2D eigenvalue weighted by atomic mass is 9.85. The highest BCUT2D eigenvalue weighted by molar-refractivity contribution is 6.12. The smallest absolute Gasteiger partial charge is 0.242 e. The van der Waals surface area contributed by atoms with Gasteiger partial charge in [-0.1, -0.05) is 5.82 Å². The average molecular weight is 209 g/mol. The number of carbonyl (C=O) groups is 2. The Balaban J connectivity index is 2.68. The molecule has 0 bridgehead atoms. The molecule has 1 heterocycles. The highest BCUT2D eigenvalue weighted by atomic mass is 16.2. The molecule has 0 saturated carbocycles. The Kier molecular flexibility index (Phi) is 4.14. The van der Waals surface area contributed by atoms with Gasteiger partial charge >= 0.3 is 0 Å². The van der Waals surface area contributed by atoms with Crippen LogP contribution < -0.4 is 10.6 Å². The van der Waals surface area contributed by atoms with Gasteiger partial charge in [-0.2, -0.15) is 0 Å². The van der Waals surface area contributed by atoms with E-state index in [1.807, 2.05) is 0 Å². The zero-order valence-corrected chi connectivity index (χ0v) is 9.12. The summed E-state index contributed by atoms with van der Waals surface area (Å²) in [6, 6.07) is -0.411. The van der Waals surface area contributed by atoms with E-state index in [2.05, 4.69) is 10.6 Å². The maximum absolute atomic E-state index is 11.6. The molecule has 0 aromatic carbocycles. The van der Waals surface area contributed by atoms with E-state index in [0.717, 1.165) is 0 Å². The number of hydrogen-bond donors (Lipinski definition) is 2. The van der Waals surface area contributed by atoms with Gasteiger partial charge in [-0.25, -0.2) is 0 Å². The molecule has 0 aliphatic carbocycles. The van der Waals surface area contributed by atoms with Gasteiger partial charge in [0.05, 0.1) is 14.4 Å². The van der Waals surface area contributed by atoms with Crippen LogP contribution in [-0.4, -0.2) is 57.8 Å². The van der Waals surface area contributed by atoms with Gasteiger partial charge in [-0.3, -0.25) is 9.59 Å². The maximum atomic E-state index is 11.6. The van der Waals surface area contributed by atoms with Crippen LogP contribution in [0.25, 0.3) is 0 Å². The molecule has 0 unspecified atom stereocenters. The molecule has 1 rings (SSSR count). The van der Waals surface area contributed by atoms with Gasteiger partial charge in [0.2, 0.25) is 11.8 Å². The molecular formula is C9H16BN3O2. The number of nitrogens with one attached hydrogen (secondary N) is 2. The van der Waals surface area contributed by atoms with E-state index < -0.39 is 6.04 Å². The summed E-state index contributed by atoms with van der Waals surface area (Å²) < 4.78 is 0. The van der Waals surface area contributed by atoms with Gasteiger partial charge in [0.25, 0.3) is 0 Å². The molecule has 2 N–H and O–H groups in total. The van der Waals surface area contributed by atoms with E-state index in [9.17, 15) is 9.59 Å². The second kappa shape index (κ2) is 5.16. The summed E-state index contributed by atoms with van der Waals surface area (Å²) in [7, 11) is 9.01. The Morgan fingerprint density at radius 1 is 1.47 bits per heavy atom. The minimum absolute atomic E-state index is 0.0842. The Bertz CT molecular complexity index is 260. The second-order valence-corrected chi connectivity index (χ2v) is 3.70. The van der Waals surface area contributed by atoms with Crippen LogP contribution in [0, 0.1) is 0 Å². The Hall–Kier alpha value is -1.04. The standard InChI is InChI=1S/C9H16BN3O2/c1-11-4-8(14)13-5-6(10)3-7(13)9(15)12-2/h6-7,11H,3-5H2,1-2H3,(H,12,15)/t6-,7-/m1/s1. The van der Waals surface area contributed by atoms with Crippen LogP contribution in [0.15, 0.2) is 0 Å². The molecular weight excluding hydrogens is 193 g/mol. The molecule has 0 aromatic rings. The first kappa shape index (κ1) is 12.0. The summed E-state index contributed by atoms with van der Waals surface area (Å²) in [5.74, 6) is -0.334. The topological polar surface area (TPSA) is 61.4 Å². The highest BCUT2D eigenvalue weighted by Gasteiger charge is 2.36. The predicted octanol–water partition coefficient (Wildman–Crippen LogP) is -1.49. The monoisotopic (exact) mass is 209 g/mol. The first-order valence-corrected chi connectivity index (χ1v) is 5.01. The molecule has 82 valence electrons. The molecule has 1 saturated heterocycles. The van der Waals surface area contributed by atoms with Crippen LogP contribution in [0.4, 0.5) is 0 Å². The number of rotatable bonds is 3. The lowest BCUT2D eigenvalue weighted by Crippen LogP contribution is -2.47. The van der Waals surface area contributed by atoms with Crippen molar-refractivity contribution in [2.45, 2.75) is 18.3 Å². The fourth-order valence-corrected chi connectivity index (χ4v) is 1.81. The van der Waals surface area contributed by atoms with Crippen LogP contribution in [0.1, 0.15) is 6.42 Å². The summed E-state index contributed by atoms with van der Waals surface area (Å²) in [6.45, 7) is 0.693. The molecule has 2 atom stereocenters. The normalized spacial score (nSPS) is 25.3. The van der Waals surface area contributed by atoms with Crippen molar-refractivity contribution >= 4 is 19.7 Å². The third-order valence-corrected chi connectivity index (χ3v) is 2.53. The van der Waals surface area contributed by atoms with Crippen molar-refractivity contribution in [2.24, 2.45) is 0 Å². The third kappa shape index (κ3) is 2.71. The van der Waals surface area contributed by atoms with Crippen molar-refractivity contribution < 1.29 is 9.59 Å². The van der Waals surface area contributed by atoms with Crippen molar-refractivity contribution in [3.05, 3.63) is 0 Å². The summed E-state index contributed by atoms with van der Waals surface area (Å²) in [6.07, 6.45) is 0.537. The minimum atomic E-state index is -0.411. The SMILES string of the molecule is [B][C@@H]1C[C@H](C(=O)NC)N(C(=O)CNC)C1. The van der Waals surface area contributed by atoms with Crippen molar-refractivity contribution in [1.29, 1.82) is 0 Å². The molecule has 2 amide bonds. The number of likely N-dealkylation sites (N-methyl/N-ethyl adjacent to an activating group) is 2. The molecule has 0 spiro atoms. The number of carbonyl (C=O) groups excluding carboxylic acids is 2. The van der Waals surface area contributed by atoms with Gasteiger partial charge in [0.15, 0.2) is 0 Å². The summed E-state index contributed by atoms with van der Waals surface area (Å²) in [5, 5.41) is 5.32. The zero-order chi connectivity index (χ0) is 11.4. The minimum Gasteiger partial charge on any atom is -0.357 e. The van der Waals surface area contributed by atoms with E-state index in [0.29, 0.717) is 13.0 Å². The number of amides is 2. The molecule has 1 aliphatic rings. The van der Waals surface area contributed by atoms with Crippen molar-refractivity contribution in [1.82, 2.24) is 15.5 Å². The van der Waals surface area contributed by atoms with Crippen LogP contribution >= 0.6 is 0 Å². The van der Waals surface area contributed by atoms with Gasteiger partial charge in [0.1, 0.15) is 6.04 Å². The van der Waals surface area contributed by atoms with E-state index >= 15 is 0 Å². The number of nitrogens with zero attached hydrogens (tertiary/aromatic N) is 1. The molecule has 6 heteroatoms. The van der Waals surface area contributed by atoms with Crippen molar-refractivity contribution in [3.63, 3.8) is 0 Å². The van der Waals surface area contributed by atoms with Gasteiger partial charge in [0, 0.05) is 13.6 Å². The lowest BCUT2D eigenvalue weighted by Gasteiger charge is -2.23. The fourth-order valence-electron chi connectivity index (χ4n) is 1.81. The maximum Gasteiger partial charge on any atom is 0.242 e. The molecule has 15 heavy (non-hydrogen) atoms.